The second-order valence-corrected chi connectivity index (χ2v) is 5.38. The van der Waals surface area contributed by atoms with E-state index >= 15 is 0 Å². The Morgan fingerprint density at radius 3 is 2.52 bits per heavy atom. The molecule has 0 heterocycles. The summed E-state index contributed by atoms with van der Waals surface area (Å²) in [6.45, 7) is 6.27. The molecule has 1 aromatic rings. The third-order valence-corrected chi connectivity index (χ3v) is 3.06. The summed E-state index contributed by atoms with van der Waals surface area (Å²) in [5.41, 5.74) is 5.72. The van der Waals surface area contributed by atoms with Crippen molar-refractivity contribution in [2.75, 3.05) is 6.54 Å². The maximum atomic E-state index is 12.7. The van der Waals surface area contributed by atoms with Crippen LogP contribution in [-0.2, 0) is 6.18 Å². The van der Waals surface area contributed by atoms with Crippen molar-refractivity contribution in [1.82, 2.24) is 5.32 Å². The molecule has 0 aliphatic heterocycles. The van der Waals surface area contributed by atoms with Crippen molar-refractivity contribution in [1.29, 1.82) is 0 Å². The topological polar surface area (TPSA) is 50.4 Å². The third kappa shape index (κ3) is 6.06. The lowest BCUT2D eigenvalue weighted by Gasteiger charge is -2.14. The molecule has 0 amide bonds. The first-order chi connectivity index (χ1) is 9.70. The van der Waals surface area contributed by atoms with Crippen LogP contribution in [0, 0.1) is 0 Å². The van der Waals surface area contributed by atoms with Crippen LogP contribution in [0.1, 0.15) is 44.2 Å². The summed E-state index contributed by atoms with van der Waals surface area (Å²) in [7, 11) is 0. The number of halogens is 3. The second-order valence-electron chi connectivity index (χ2n) is 5.38. The van der Waals surface area contributed by atoms with Gasteiger partial charge < -0.3 is 11.1 Å². The summed E-state index contributed by atoms with van der Waals surface area (Å²) in [6, 6.07) is 5.63. The largest absolute Gasteiger partial charge is 0.416 e. The van der Waals surface area contributed by atoms with Crippen LogP contribution >= 0.6 is 0 Å². The van der Waals surface area contributed by atoms with E-state index < -0.39 is 11.7 Å². The predicted molar refractivity (Wildman–Crippen MR) is 79.2 cm³/mol. The summed E-state index contributed by atoms with van der Waals surface area (Å²) < 4.78 is 38.0. The smallest absolute Gasteiger partial charge is 0.370 e. The van der Waals surface area contributed by atoms with E-state index in [1.54, 1.807) is 6.07 Å². The van der Waals surface area contributed by atoms with Gasteiger partial charge in [0, 0.05) is 12.6 Å². The number of nitrogens with one attached hydrogen (secondary N) is 1. The standard InChI is InChI=1S/C15H22F3N3/c1-10(2)21-14(19)20-8-7-11(3)12-5-4-6-13(9-12)15(16,17)18/h4-6,9-11H,7-8H2,1-3H3,(H3,19,20,21). The maximum Gasteiger partial charge on any atom is 0.416 e. The van der Waals surface area contributed by atoms with Crippen LogP contribution in [0.5, 0.6) is 0 Å². The molecule has 0 aliphatic carbocycles. The molecule has 0 aliphatic rings. The van der Waals surface area contributed by atoms with E-state index in [-0.39, 0.29) is 12.0 Å². The van der Waals surface area contributed by atoms with Crippen LogP contribution in [0.4, 0.5) is 13.2 Å². The summed E-state index contributed by atoms with van der Waals surface area (Å²) in [5, 5.41) is 2.96. The van der Waals surface area contributed by atoms with Crippen LogP contribution in [0.3, 0.4) is 0 Å². The van der Waals surface area contributed by atoms with Gasteiger partial charge in [-0.3, -0.25) is 4.99 Å². The first-order valence-electron chi connectivity index (χ1n) is 6.93. The van der Waals surface area contributed by atoms with Crippen molar-refractivity contribution >= 4 is 5.96 Å². The molecule has 0 aromatic heterocycles. The zero-order valence-corrected chi connectivity index (χ0v) is 12.5. The molecule has 118 valence electrons. The van der Waals surface area contributed by atoms with Gasteiger partial charge >= 0.3 is 6.18 Å². The molecule has 0 saturated carbocycles. The zero-order valence-electron chi connectivity index (χ0n) is 12.5. The normalized spacial score (nSPS) is 14.3. The first-order valence-corrected chi connectivity index (χ1v) is 6.93. The van der Waals surface area contributed by atoms with Crippen LogP contribution in [0.2, 0.25) is 0 Å². The highest BCUT2D eigenvalue weighted by Crippen LogP contribution is 2.31. The fourth-order valence-electron chi connectivity index (χ4n) is 1.91. The predicted octanol–water partition coefficient (Wildman–Crippen LogP) is 3.51. The third-order valence-electron chi connectivity index (χ3n) is 3.06. The van der Waals surface area contributed by atoms with Gasteiger partial charge in [-0.15, -0.1) is 0 Å². The van der Waals surface area contributed by atoms with E-state index in [0.29, 0.717) is 24.5 Å². The van der Waals surface area contributed by atoms with Gasteiger partial charge in [-0.1, -0.05) is 25.1 Å². The summed E-state index contributed by atoms with van der Waals surface area (Å²) in [4.78, 5) is 4.16. The van der Waals surface area contributed by atoms with E-state index in [4.69, 9.17) is 5.73 Å². The first kappa shape index (κ1) is 17.3. The van der Waals surface area contributed by atoms with Crippen molar-refractivity contribution in [3.8, 4) is 0 Å². The molecule has 0 saturated heterocycles. The molecule has 1 rings (SSSR count). The van der Waals surface area contributed by atoms with E-state index in [1.807, 2.05) is 20.8 Å². The van der Waals surface area contributed by atoms with Crippen molar-refractivity contribution in [2.24, 2.45) is 10.7 Å². The average Bonchev–Trinajstić information content (AvgIpc) is 2.37. The highest BCUT2D eigenvalue weighted by molar-refractivity contribution is 5.78. The number of hydrogen-bond donors (Lipinski definition) is 2. The Morgan fingerprint density at radius 1 is 1.29 bits per heavy atom. The number of guanidine groups is 1. The van der Waals surface area contributed by atoms with Gasteiger partial charge in [-0.2, -0.15) is 13.2 Å². The molecule has 1 aromatic carbocycles. The van der Waals surface area contributed by atoms with Crippen molar-refractivity contribution < 1.29 is 13.2 Å². The SMILES string of the molecule is CC(C)NC(N)=NCCC(C)c1cccc(C(F)(F)F)c1. The van der Waals surface area contributed by atoms with Gasteiger partial charge in [0.05, 0.1) is 5.56 Å². The molecule has 1 unspecified atom stereocenters. The quantitative estimate of drug-likeness (QED) is 0.646. The van der Waals surface area contributed by atoms with E-state index in [0.717, 1.165) is 6.07 Å². The lowest BCUT2D eigenvalue weighted by molar-refractivity contribution is -0.137. The fraction of sp³-hybridized carbons (Fsp3) is 0.533. The number of hydrogen-bond acceptors (Lipinski definition) is 1. The van der Waals surface area contributed by atoms with Crippen LogP contribution in [0.15, 0.2) is 29.3 Å². The number of rotatable bonds is 5. The minimum Gasteiger partial charge on any atom is -0.370 e. The number of benzene rings is 1. The Labute approximate surface area is 123 Å². The summed E-state index contributed by atoms with van der Waals surface area (Å²) in [6.07, 6.45) is -3.67. The van der Waals surface area contributed by atoms with Gasteiger partial charge in [0.2, 0.25) is 0 Å². The molecule has 0 bridgehead atoms. The Bertz CT molecular complexity index is 481. The van der Waals surface area contributed by atoms with E-state index in [9.17, 15) is 13.2 Å². The van der Waals surface area contributed by atoms with Gasteiger partial charge in [0.15, 0.2) is 5.96 Å². The molecule has 6 heteroatoms. The molecule has 0 spiro atoms. The summed E-state index contributed by atoms with van der Waals surface area (Å²) in [5.74, 6) is 0.351. The summed E-state index contributed by atoms with van der Waals surface area (Å²) >= 11 is 0. The van der Waals surface area contributed by atoms with Crippen molar-refractivity contribution in [3.05, 3.63) is 35.4 Å². The minimum absolute atomic E-state index is 0.0112. The van der Waals surface area contributed by atoms with Gasteiger partial charge in [-0.05, 0) is 37.8 Å². The van der Waals surface area contributed by atoms with E-state index in [1.165, 1.54) is 12.1 Å². The Morgan fingerprint density at radius 2 is 1.95 bits per heavy atom. The monoisotopic (exact) mass is 301 g/mol. The van der Waals surface area contributed by atoms with E-state index in [2.05, 4.69) is 10.3 Å². The lowest BCUT2D eigenvalue weighted by Crippen LogP contribution is -2.36. The molecular weight excluding hydrogens is 279 g/mol. The Balaban J connectivity index is 2.62. The lowest BCUT2D eigenvalue weighted by atomic mass is 9.96. The van der Waals surface area contributed by atoms with Crippen molar-refractivity contribution in [2.45, 2.75) is 45.3 Å². The highest BCUT2D eigenvalue weighted by Gasteiger charge is 2.30. The van der Waals surface area contributed by atoms with Crippen molar-refractivity contribution in [3.63, 3.8) is 0 Å². The number of alkyl halides is 3. The van der Waals surface area contributed by atoms with Crippen LogP contribution in [0.25, 0.3) is 0 Å². The highest BCUT2D eigenvalue weighted by atomic mass is 19.4. The van der Waals surface area contributed by atoms with Gasteiger partial charge in [0.1, 0.15) is 0 Å². The van der Waals surface area contributed by atoms with Crippen LogP contribution in [-0.4, -0.2) is 18.5 Å². The number of nitrogens with two attached hydrogens (primary N) is 1. The maximum absolute atomic E-state index is 12.7. The molecular formula is C15H22F3N3. The molecule has 1 atom stereocenters. The zero-order chi connectivity index (χ0) is 16.0. The second kappa shape index (κ2) is 7.33. The number of aliphatic imine (C=N–C) groups is 1. The molecule has 21 heavy (non-hydrogen) atoms. The Hall–Kier alpha value is -1.72. The molecule has 0 radical (unpaired) electrons. The van der Waals surface area contributed by atoms with Gasteiger partial charge in [0.25, 0.3) is 0 Å². The fourth-order valence-corrected chi connectivity index (χ4v) is 1.91. The Kier molecular flexibility index (Phi) is 6.05. The average molecular weight is 301 g/mol. The number of nitrogens with zero attached hydrogens (tertiary/aromatic N) is 1. The minimum atomic E-state index is -4.31. The van der Waals surface area contributed by atoms with Crippen LogP contribution < -0.4 is 11.1 Å². The molecule has 3 nitrogen and oxygen atoms in total. The van der Waals surface area contributed by atoms with Gasteiger partial charge in [-0.25, -0.2) is 0 Å². The molecule has 0 fully saturated rings. The molecule has 3 N–H and O–H groups in total.